The third-order valence-electron chi connectivity index (χ3n) is 6.44. The van der Waals surface area contributed by atoms with Gasteiger partial charge >= 0.3 is 0 Å². The smallest absolute Gasteiger partial charge is 0.253 e. The molecule has 1 aliphatic carbocycles. The summed E-state index contributed by atoms with van der Waals surface area (Å²) in [6, 6.07) is 6.73. The topological polar surface area (TPSA) is 138 Å². The first-order valence-electron chi connectivity index (χ1n) is 12.8. The fourth-order valence-corrected chi connectivity index (χ4v) is 4.46. The minimum atomic E-state index is -1.05. The first-order valence-corrected chi connectivity index (χ1v) is 12.8. The van der Waals surface area contributed by atoms with Crippen molar-refractivity contribution in [3.8, 4) is 34.5 Å². The van der Waals surface area contributed by atoms with Crippen LogP contribution in [0.1, 0.15) is 30.4 Å². The van der Waals surface area contributed by atoms with Crippen molar-refractivity contribution >= 4 is 24.2 Å². The normalized spacial score (nSPS) is 15.3. The number of nitrogens with zero attached hydrogens (tertiary/aromatic N) is 2. The van der Waals surface area contributed by atoms with Crippen LogP contribution >= 0.6 is 0 Å². The SMILES string of the molecule is COc1cc(/C=N\NC(=O)C(C(=O)N/N=C/c2cc(OC)c(OC)c(OC)c2)C2C=CCCC2)cc(OC)c1OC. The molecule has 2 atom stereocenters. The predicted octanol–water partition coefficient (Wildman–Crippen LogP) is 3.31. The lowest BCUT2D eigenvalue weighted by molar-refractivity contribution is -0.137. The summed E-state index contributed by atoms with van der Waals surface area (Å²) in [4.78, 5) is 26.4. The second-order valence-corrected chi connectivity index (χ2v) is 8.89. The van der Waals surface area contributed by atoms with Gasteiger partial charge in [0.05, 0.1) is 55.1 Å². The van der Waals surface area contributed by atoms with E-state index in [1.165, 1.54) is 55.1 Å². The molecule has 0 radical (unpaired) electrons. The predicted molar refractivity (Wildman–Crippen MR) is 154 cm³/mol. The van der Waals surface area contributed by atoms with E-state index in [1.54, 1.807) is 24.3 Å². The van der Waals surface area contributed by atoms with Crippen LogP contribution in [0.3, 0.4) is 0 Å². The van der Waals surface area contributed by atoms with Gasteiger partial charge in [0.15, 0.2) is 23.0 Å². The molecule has 0 saturated heterocycles. The van der Waals surface area contributed by atoms with Crippen LogP contribution in [0.25, 0.3) is 0 Å². The first-order chi connectivity index (χ1) is 19.9. The number of amides is 2. The largest absolute Gasteiger partial charge is 0.493 e. The Hall–Kier alpha value is -4.74. The lowest BCUT2D eigenvalue weighted by Crippen LogP contribution is -2.42. The number of nitrogens with one attached hydrogen (secondary N) is 2. The molecular formula is C29H36N4O8. The molecule has 0 aromatic heterocycles. The number of hydrazone groups is 2. The van der Waals surface area contributed by atoms with E-state index in [1.807, 2.05) is 12.2 Å². The first kappa shape index (κ1) is 30.8. The molecule has 0 aliphatic heterocycles. The zero-order valence-corrected chi connectivity index (χ0v) is 24.1. The molecule has 12 nitrogen and oxygen atoms in total. The van der Waals surface area contributed by atoms with Crippen LogP contribution in [0.5, 0.6) is 34.5 Å². The molecule has 41 heavy (non-hydrogen) atoms. The summed E-state index contributed by atoms with van der Waals surface area (Å²) >= 11 is 0. The van der Waals surface area contributed by atoms with Crippen molar-refractivity contribution in [2.45, 2.75) is 19.3 Å². The summed E-state index contributed by atoms with van der Waals surface area (Å²) in [6.45, 7) is 0. The maximum atomic E-state index is 13.2. The zero-order chi connectivity index (χ0) is 29.8. The van der Waals surface area contributed by atoms with Gasteiger partial charge in [-0.15, -0.1) is 0 Å². The van der Waals surface area contributed by atoms with Gasteiger partial charge in [0.1, 0.15) is 5.92 Å². The third-order valence-corrected chi connectivity index (χ3v) is 6.44. The van der Waals surface area contributed by atoms with Crippen molar-refractivity contribution < 1.29 is 38.0 Å². The number of ether oxygens (including phenoxy) is 6. The van der Waals surface area contributed by atoms with Crippen molar-refractivity contribution in [1.82, 2.24) is 10.9 Å². The second-order valence-electron chi connectivity index (χ2n) is 8.89. The van der Waals surface area contributed by atoms with Crippen molar-refractivity contribution in [3.63, 3.8) is 0 Å². The number of allylic oxidation sites excluding steroid dienone is 2. The summed E-state index contributed by atoms with van der Waals surface area (Å²) in [5, 5.41) is 8.14. The van der Waals surface area contributed by atoms with E-state index in [-0.39, 0.29) is 5.92 Å². The van der Waals surface area contributed by atoms with E-state index in [9.17, 15) is 9.59 Å². The molecule has 2 aromatic carbocycles. The highest BCUT2D eigenvalue weighted by Crippen LogP contribution is 2.38. The molecule has 3 rings (SSSR count). The standard InChI is InChI=1S/C29H36N4O8/c1-36-21-12-18(13-22(37-2)26(21)40-5)16-30-32-28(34)25(20-10-8-7-9-11-20)29(35)33-31-17-19-14-23(38-3)27(41-6)24(15-19)39-4/h8,10,12-17,20,25H,7,9,11H2,1-6H3,(H,32,34)(H,33,35)/b30-16-,31-17+. The van der Waals surface area contributed by atoms with E-state index < -0.39 is 17.7 Å². The lowest BCUT2D eigenvalue weighted by Gasteiger charge is -2.23. The second kappa shape index (κ2) is 15.2. The Kier molecular flexibility index (Phi) is 11.4. The number of hydrogen-bond donors (Lipinski definition) is 2. The zero-order valence-electron chi connectivity index (χ0n) is 24.1. The van der Waals surface area contributed by atoms with Gasteiger partial charge in [0.25, 0.3) is 11.8 Å². The number of carbonyl (C=O) groups excluding carboxylic acids is 2. The quantitative estimate of drug-likeness (QED) is 0.162. The molecule has 2 unspecified atom stereocenters. The van der Waals surface area contributed by atoms with Gasteiger partial charge < -0.3 is 28.4 Å². The van der Waals surface area contributed by atoms with E-state index in [0.717, 1.165) is 12.8 Å². The van der Waals surface area contributed by atoms with E-state index in [0.29, 0.717) is 52.0 Å². The fourth-order valence-electron chi connectivity index (χ4n) is 4.46. The van der Waals surface area contributed by atoms with Crippen LogP contribution in [-0.2, 0) is 9.59 Å². The van der Waals surface area contributed by atoms with Gasteiger partial charge in [-0.3, -0.25) is 9.59 Å². The molecule has 2 aromatic rings. The van der Waals surface area contributed by atoms with Crippen LogP contribution < -0.4 is 39.3 Å². The number of benzene rings is 2. The number of carbonyl (C=O) groups is 2. The van der Waals surface area contributed by atoms with Crippen LogP contribution in [0.4, 0.5) is 0 Å². The number of rotatable bonds is 13. The Labute approximate surface area is 239 Å². The summed E-state index contributed by atoms with van der Waals surface area (Å²) in [5.41, 5.74) is 6.16. The summed E-state index contributed by atoms with van der Waals surface area (Å²) in [6.07, 6.45) is 9.15. The Morgan fingerprint density at radius 1 is 0.732 bits per heavy atom. The Balaban J connectivity index is 1.77. The van der Waals surface area contributed by atoms with Crippen LogP contribution in [0.15, 0.2) is 46.6 Å². The minimum absolute atomic E-state index is 0.309. The van der Waals surface area contributed by atoms with E-state index >= 15 is 0 Å². The van der Waals surface area contributed by atoms with Crippen molar-refractivity contribution in [2.24, 2.45) is 22.0 Å². The van der Waals surface area contributed by atoms with Crippen LogP contribution in [0.2, 0.25) is 0 Å². The lowest BCUT2D eigenvalue weighted by atomic mass is 9.83. The van der Waals surface area contributed by atoms with Crippen LogP contribution in [-0.4, -0.2) is 66.9 Å². The van der Waals surface area contributed by atoms with Gasteiger partial charge in [-0.1, -0.05) is 12.2 Å². The van der Waals surface area contributed by atoms with Crippen molar-refractivity contribution in [3.05, 3.63) is 47.5 Å². The Morgan fingerprint density at radius 2 is 1.15 bits per heavy atom. The molecule has 12 heteroatoms. The highest BCUT2D eigenvalue weighted by atomic mass is 16.5. The summed E-state index contributed by atoms with van der Waals surface area (Å²) in [5.74, 6) is 0.133. The van der Waals surface area contributed by atoms with E-state index in [4.69, 9.17) is 28.4 Å². The maximum Gasteiger partial charge on any atom is 0.253 e. The molecule has 1 aliphatic rings. The summed E-state index contributed by atoms with van der Waals surface area (Å²) in [7, 11) is 9.04. The third kappa shape index (κ3) is 7.68. The molecule has 2 N–H and O–H groups in total. The van der Waals surface area contributed by atoms with Gasteiger partial charge in [-0.2, -0.15) is 10.2 Å². The molecule has 220 valence electrons. The molecule has 0 bridgehead atoms. The number of hydrogen-bond acceptors (Lipinski definition) is 10. The minimum Gasteiger partial charge on any atom is -0.493 e. The van der Waals surface area contributed by atoms with Gasteiger partial charge in [0.2, 0.25) is 11.5 Å². The summed E-state index contributed by atoms with van der Waals surface area (Å²) < 4.78 is 32.1. The average molecular weight is 569 g/mol. The molecular weight excluding hydrogens is 532 g/mol. The van der Waals surface area contributed by atoms with Gasteiger partial charge in [0, 0.05) is 11.1 Å². The average Bonchev–Trinajstić information content (AvgIpc) is 3.00. The highest BCUT2D eigenvalue weighted by Gasteiger charge is 2.34. The monoisotopic (exact) mass is 568 g/mol. The molecule has 0 saturated carbocycles. The highest BCUT2D eigenvalue weighted by molar-refractivity contribution is 6.01. The Bertz CT molecular complexity index is 1170. The van der Waals surface area contributed by atoms with Crippen molar-refractivity contribution in [1.29, 1.82) is 0 Å². The molecule has 2 amide bonds. The van der Waals surface area contributed by atoms with Crippen LogP contribution in [0, 0.1) is 11.8 Å². The molecule has 0 fully saturated rings. The van der Waals surface area contributed by atoms with Gasteiger partial charge in [-0.05, 0) is 49.4 Å². The Morgan fingerprint density at radius 3 is 1.46 bits per heavy atom. The van der Waals surface area contributed by atoms with Crippen molar-refractivity contribution in [2.75, 3.05) is 42.7 Å². The maximum absolute atomic E-state index is 13.2. The molecule has 0 spiro atoms. The molecule has 0 heterocycles. The fraction of sp³-hybridized carbons (Fsp3) is 0.379. The van der Waals surface area contributed by atoms with Gasteiger partial charge in [-0.25, -0.2) is 10.9 Å². The van der Waals surface area contributed by atoms with E-state index in [2.05, 4.69) is 21.1 Å². The number of methoxy groups -OCH3 is 6.